The van der Waals surface area contributed by atoms with Gasteiger partial charge in [0.15, 0.2) is 0 Å². The molecule has 2 rings (SSSR count). The molecule has 0 aliphatic heterocycles. The van der Waals surface area contributed by atoms with Crippen molar-refractivity contribution in [3.05, 3.63) is 63.7 Å². The quantitative estimate of drug-likeness (QED) is 0.428. The molecular formula is C19H23N3O4. The normalized spacial score (nSPS) is 10.5. The zero-order valence-corrected chi connectivity index (χ0v) is 15.1. The number of para-hydroxylation sites is 1. The van der Waals surface area contributed by atoms with Gasteiger partial charge in [0.25, 0.3) is 11.6 Å². The summed E-state index contributed by atoms with van der Waals surface area (Å²) in [5.74, 6) is 0.446. The highest BCUT2D eigenvalue weighted by Crippen LogP contribution is 2.25. The highest BCUT2D eigenvalue weighted by molar-refractivity contribution is 5.95. The molecule has 0 saturated heterocycles. The average molecular weight is 357 g/mol. The van der Waals surface area contributed by atoms with Crippen LogP contribution in [0, 0.1) is 17.0 Å². The van der Waals surface area contributed by atoms with Gasteiger partial charge in [-0.25, -0.2) is 0 Å². The van der Waals surface area contributed by atoms with Crippen molar-refractivity contribution in [3.8, 4) is 5.75 Å². The molecule has 0 fully saturated rings. The second-order valence-corrected chi connectivity index (χ2v) is 6.16. The number of nitro benzene ring substituents is 1. The number of carbonyl (C=O) groups is 1. The zero-order valence-electron chi connectivity index (χ0n) is 15.1. The summed E-state index contributed by atoms with van der Waals surface area (Å²) in [4.78, 5) is 22.8. The topological polar surface area (TPSA) is 93.5 Å². The van der Waals surface area contributed by atoms with Gasteiger partial charge in [0.05, 0.1) is 4.92 Å². The Morgan fingerprint density at radius 1 is 1.23 bits per heavy atom. The van der Waals surface area contributed by atoms with E-state index in [1.807, 2.05) is 45.0 Å². The van der Waals surface area contributed by atoms with Gasteiger partial charge in [-0.3, -0.25) is 14.9 Å². The fraction of sp³-hybridized carbons (Fsp3) is 0.316. The Kier molecular flexibility index (Phi) is 6.54. The Hall–Kier alpha value is -3.09. The lowest BCUT2D eigenvalue weighted by molar-refractivity contribution is -0.384. The molecule has 138 valence electrons. The summed E-state index contributed by atoms with van der Waals surface area (Å²) in [6, 6.07) is 12.0. The number of aryl methyl sites for hydroxylation is 1. The average Bonchev–Trinajstić information content (AvgIpc) is 2.59. The molecule has 0 atom stereocenters. The summed E-state index contributed by atoms with van der Waals surface area (Å²) in [7, 11) is 0. The number of amides is 1. The molecule has 0 heterocycles. The minimum Gasteiger partial charge on any atom is -0.491 e. The van der Waals surface area contributed by atoms with Crippen molar-refractivity contribution < 1.29 is 14.5 Å². The number of nitrogens with one attached hydrogen (secondary N) is 2. The van der Waals surface area contributed by atoms with Crippen LogP contribution in [0.5, 0.6) is 5.75 Å². The summed E-state index contributed by atoms with van der Waals surface area (Å²) in [6.07, 6.45) is 0. The first-order chi connectivity index (χ1) is 12.4. The van der Waals surface area contributed by atoms with Gasteiger partial charge in [-0.1, -0.05) is 18.2 Å². The molecule has 0 saturated carbocycles. The van der Waals surface area contributed by atoms with E-state index in [0.29, 0.717) is 18.8 Å². The fourth-order valence-electron chi connectivity index (χ4n) is 2.38. The highest BCUT2D eigenvalue weighted by atomic mass is 16.6. The number of ether oxygens (including phenoxy) is 1. The summed E-state index contributed by atoms with van der Waals surface area (Å²) in [6.45, 7) is 6.37. The second kappa shape index (κ2) is 8.84. The molecule has 2 aromatic carbocycles. The summed E-state index contributed by atoms with van der Waals surface area (Å²) in [5.41, 5.74) is 1.49. The summed E-state index contributed by atoms with van der Waals surface area (Å²) >= 11 is 0. The van der Waals surface area contributed by atoms with Crippen LogP contribution < -0.4 is 15.4 Å². The maximum absolute atomic E-state index is 12.0. The van der Waals surface area contributed by atoms with Crippen molar-refractivity contribution in [2.24, 2.45) is 0 Å². The number of hydrogen-bond acceptors (Lipinski definition) is 5. The van der Waals surface area contributed by atoms with Gasteiger partial charge in [0.1, 0.15) is 18.0 Å². The molecule has 0 spiro atoms. The Morgan fingerprint density at radius 3 is 2.62 bits per heavy atom. The number of carbonyl (C=O) groups excluding carboxylic acids is 1. The van der Waals surface area contributed by atoms with E-state index < -0.39 is 4.92 Å². The lowest BCUT2D eigenvalue weighted by atomic mass is 10.1. The van der Waals surface area contributed by atoms with Crippen molar-refractivity contribution in [2.75, 3.05) is 18.5 Å². The Balaban J connectivity index is 2.01. The third kappa shape index (κ3) is 5.20. The van der Waals surface area contributed by atoms with Gasteiger partial charge in [-0.15, -0.1) is 0 Å². The summed E-state index contributed by atoms with van der Waals surface area (Å²) in [5, 5.41) is 17.0. The number of nitrogens with zero attached hydrogens (tertiary/aromatic N) is 1. The molecule has 2 N–H and O–H groups in total. The van der Waals surface area contributed by atoms with E-state index in [0.717, 1.165) is 11.3 Å². The molecule has 2 aromatic rings. The smallest absolute Gasteiger partial charge is 0.293 e. The lowest BCUT2D eigenvalue weighted by Crippen LogP contribution is -2.30. The molecule has 0 radical (unpaired) electrons. The molecule has 0 unspecified atom stereocenters. The van der Waals surface area contributed by atoms with Crippen molar-refractivity contribution in [3.63, 3.8) is 0 Å². The SMILES string of the molecule is Cc1ccccc1OCCNc1ccc(C(=O)NC(C)C)cc1[N+](=O)[O-]. The summed E-state index contributed by atoms with van der Waals surface area (Å²) < 4.78 is 5.67. The largest absolute Gasteiger partial charge is 0.491 e. The minimum atomic E-state index is -0.503. The number of hydrogen-bond donors (Lipinski definition) is 2. The molecule has 1 amide bonds. The number of nitro groups is 1. The zero-order chi connectivity index (χ0) is 19.1. The second-order valence-electron chi connectivity index (χ2n) is 6.16. The van der Waals surface area contributed by atoms with Crippen LogP contribution >= 0.6 is 0 Å². The van der Waals surface area contributed by atoms with Crippen LogP contribution in [0.15, 0.2) is 42.5 Å². The van der Waals surface area contributed by atoms with Crippen molar-refractivity contribution in [1.29, 1.82) is 0 Å². The number of benzene rings is 2. The van der Waals surface area contributed by atoms with Crippen LogP contribution in [-0.4, -0.2) is 30.0 Å². The van der Waals surface area contributed by atoms with Crippen molar-refractivity contribution in [1.82, 2.24) is 5.32 Å². The highest BCUT2D eigenvalue weighted by Gasteiger charge is 2.17. The van der Waals surface area contributed by atoms with E-state index >= 15 is 0 Å². The predicted molar refractivity (Wildman–Crippen MR) is 101 cm³/mol. The van der Waals surface area contributed by atoms with Gasteiger partial charge in [0.2, 0.25) is 0 Å². The molecule has 0 aliphatic carbocycles. The van der Waals surface area contributed by atoms with Crippen molar-refractivity contribution in [2.45, 2.75) is 26.8 Å². The predicted octanol–water partition coefficient (Wildman–Crippen LogP) is 3.53. The number of rotatable bonds is 8. The Bertz CT molecular complexity index is 790. The van der Waals surface area contributed by atoms with E-state index in [4.69, 9.17) is 4.74 Å². The molecule has 7 nitrogen and oxygen atoms in total. The molecule has 0 bridgehead atoms. The molecule has 0 aromatic heterocycles. The van der Waals surface area contributed by atoms with Gasteiger partial charge >= 0.3 is 0 Å². The monoisotopic (exact) mass is 357 g/mol. The first kappa shape index (κ1) is 19.2. The molecule has 26 heavy (non-hydrogen) atoms. The van der Waals surface area contributed by atoms with Gasteiger partial charge in [0, 0.05) is 24.2 Å². The minimum absolute atomic E-state index is 0.0436. The van der Waals surface area contributed by atoms with Crippen molar-refractivity contribution >= 4 is 17.3 Å². The van der Waals surface area contributed by atoms with E-state index in [9.17, 15) is 14.9 Å². The molecular weight excluding hydrogens is 334 g/mol. The van der Waals surface area contributed by atoms with Crippen LogP contribution in [-0.2, 0) is 0 Å². The maximum atomic E-state index is 12.0. The van der Waals surface area contributed by atoms with E-state index in [-0.39, 0.29) is 23.2 Å². The Morgan fingerprint density at radius 2 is 1.96 bits per heavy atom. The van der Waals surface area contributed by atoms with Crippen LogP contribution in [0.3, 0.4) is 0 Å². The van der Waals surface area contributed by atoms with Crippen LogP contribution in [0.1, 0.15) is 29.8 Å². The van der Waals surface area contributed by atoms with Crippen LogP contribution in [0.25, 0.3) is 0 Å². The molecule has 7 heteroatoms. The van der Waals surface area contributed by atoms with Gasteiger partial charge < -0.3 is 15.4 Å². The Labute approximate surface area is 152 Å². The first-order valence-corrected chi connectivity index (χ1v) is 8.40. The standard InChI is InChI=1S/C19H23N3O4/c1-13(2)21-19(23)15-8-9-16(17(12-15)22(24)25)20-10-11-26-18-7-5-4-6-14(18)3/h4-9,12-13,20H,10-11H2,1-3H3,(H,21,23). The third-order valence-electron chi connectivity index (χ3n) is 3.65. The lowest BCUT2D eigenvalue weighted by Gasteiger charge is -2.12. The van der Waals surface area contributed by atoms with Crippen LogP contribution in [0.4, 0.5) is 11.4 Å². The molecule has 0 aliphatic rings. The van der Waals surface area contributed by atoms with Gasteiger partial charge in [-0.05, 0) is 44.5 Å². The third-order valence-corrected chi connectivity index (χ3v) is 3.65. The fourth-order valence-corrected chi connectivity index (χ4v) is 2.38. The van der Waals surface area contributed by atoms with Crippen LogP contribution in [0.2, 0.25) is 0 Å². The van der Waals surface area contributed by atoms with E-state index in [1.165, 1.54) is 6.07 Å². The maximum Gasteiger partial charge on any atom is 0.293 e. The van der Waals surface area contributed by atoms with E-state index in [1.54, 1.807) is 12.1 Å². The first-order valence-electron chi connectivity index (χ1n) is 8.40. The van der Waals surface area contributed by atoms with Gasteiger partial charge in [-0.2, -0.15) is 0 Å². The number of anilines is 1. The van der Waals surface area contributed by atoms with E-state index in [2.05, 4.69) is 10.6 Å².